The predicted octanol–water partition coefficient (Wildman–Crippen LogP) is 2.07. The Hall–Kier alpha value is -3.15. The third-order valence-corrected chi connectivity index (χ3v) is 8.76. The summed E-state index contributed by atoms with van der Waals surface area (Å²) in [5.41, 5.74) is -0.442. The van der Waals surface area contributed by atoms with E-state index in [2.05, 4.69) is 10.6 Å². The minimum atomic E-state index is -3.25. The number of nitrogens with one attached hydrogen (secondary N) is 2. The maximum absolute atomic E-state index is 13.6. The van der Waals surface area contributed by atoms with E-state index in [9.17, 15) is 36.0 Å². The van der Waals surface area contributed by atoms with E-state index in [4.69, 9.17) is 0 Å². The molecule has 1 saturated heterocycles. The van der Waals surface area contributed by atoms with Crippen molar-refractivity contribution >= 4 is 33.1 Å². The van der Waals surface area contributed by atoms with E-state index in [0.717, 1.165) is 6.42 Å². The van der Waals surface area contributed by atoms with Crippen molar-refractivity contribution in [2.75, 3.05) is 16.8 Å². The molecule has 34 heavy (non-hydrogen) atoms. The molecule has 2 N–H and O–H groups in total. The molecule has 2 aromatic rings. The summed E-state index contributed by atoms with van der Waals surface area (Å²) >= 11 is 0. The Kier molecular flexibility index (Phi) is 4.78. The Bertz CT molecular complexity index is 1380. The Morgan fingerprint density at radius 1 is 1.12 bits per heavy atom. The Balaban J connectivity index is 1.46. The van der Waals surface area contributed by atoms with E-state index in [1.807, 2.05) is 0 Å². The molecule has 2 atom stereocenters. The summed E-state index contributed by atoms with van der Waals surface area (Å²) in [5.74, 6) is -7.52. The van der Waals surface area contributed by atoms with Crippen LogP contribution in [-0.2, 0) is 21.1 Å². The van der Waals surface area contributed by atoms with Gasteiger partial charge in [-0.05, 0) is 38.2 Å². The fourth-order valence-electron chi connectivity index (χ4n) is 5.20. The number of nitrogens with zero attached hydrogens (tertiary/aromatic N) is 1. The van der Waals surface area contributed by atoms with Crippen molar-refractivity contribution < 1.29 is 36.0 Å². The number of hydrogen-bond acceptors (Lipinski definition) is 5. The maximum atomic E-state index is 13.6. The van der Waals surface area contributed by atoms with Gasteiger partial charge in [-0.1, -0.05) is 0 Å². The van der Waals surface area contributed by atoms with Crippen molar-refractivity contribution in [3.8, 4) is 0 Å². The number of carbonyl (C=O) groups excluding carboxylic acids is 3. The highest BCUT2D eigenvalue weighted by molar-refractivity contribution is 7.93. The van der Waals surface area contributed by atoms with Crippen LogP contribution in [0.2, 0.25) is 0 Å². The summed E-state index contributed by atoms with van der Waals surface area (Å²) in [7, 11) is -3.25. The van der Waals surface area contributed by atoms with Crippen LogP contribution in [0.4, 0.5) is 18.9 Å². The summed E-state index contributed by atoms with van der Waals surface area (Å²) < 4.78 is 65.1. The van der Waals surface area contributed by atoms with Crippen molar-refractivity contribution in [2.24, 2.45) is 5.92 Å². The second-order valence-corrected chi connectivity index (χ2v) is 11.6. The first kappa shape index (κ1) is 22.6. The second kappa shape index (κ2) is 7.17. The van der Waals surface area contributed by atoms with Crippen LogP contribution in [0.3, 0.4) is 0 Å². The monoisotopic (exact) mass is 495 g/mol. The number of halogens is 3. The standard InChI is InChI=1S/C22H20F3N3O5S/c1-9-16(19(29)21(31)27-22(2)7-34(32,33)8-22)15-4-10-3-14(10)28(15)18(9)20(30)26-11-5-12(23)17(25)13(24)6-11/h5-6,10,14H,3-4,7-8H2,1-2H3,(H,26,30)(H,27,31)/t10-,14-/m1/s1. The Morgan fingerprint density at radius 2 is 1.74 bits per heavy atom. The van der Waals surface area contributed by atoms with Gasteiger partial charge in [0.2, 0.25) is 0 Å². The first-order valence-electron chi connectivity index (χ1n) is 10.6. The highest BCUT2D eigenvalue weighted by Gasteiger charge is 2.51. The molecule has 3 heterocycles. The summed E-state index contributed by atoms with van der Waals surface area (Å²) in [5, 5.41) is 4.83. The molecular formula is C22H20F3N3O5S. The van der Waals surface area contributed by atoms with Crippen LogP contribution in [0.5, 0.6) is 0 Å². The summed E-state index contributed by atoms with van der Waals surface area (Å²) in [6.45, 7) is 3.03. The number of anilines is 1. The van der Waals surface area contributed by atoms with Gasteiger partial charge in [0.15, 0.2) is 27.3 Å². The predicted molar refractivity (Wildman–Crippen MR) is 114 cm³/mol. The van der Waals surface area contributed by atoms with E-state index < -0.39 is 50.4 Å². The highest BCUT2D eigenvalue weighted by Crippen LogP contribution is 2.54. The molecule has 3 aliphatic rings. The number of benzene rings is 1. The Labute approximate surface area is 192 Å². The molecule has 180 valence electrons. The second-order valence-electron chi connectivity index (χ2n) is 9.52. The molecule has 2 aliphatic heterocycles. The normalized spacial score (nSPS) is 22.9. The lowest BCUT2D eigenvalue weighted by Crippen LogP contribution is -2.64. The quantitative estimate of drug-likeness (QED) is 0.375. The molecule has 12 heteroatoms. The molecule has 5 rings (SSSR count). The number of amides is 2. The van der Waals surface area contributed by atoms with Crippen LogP contribution in [0.15, 0.2) is 12.1 Å². The van der Waals surface area contributed by atoms with E-state index >= 15 is 0 Å². The van der Waals surface area contributed by atoms with Crippen molar-refractivity contribution in [2.45, 2.75) is 38.3 Å². The average Bonchev–Trinajstić information content (AvgIpc) is 3.27. The first-order valence-corrected chi connectivity index (χ1v) is 12.4. The van der Waals surface area contributed by atoms with Gasteiger partial charge in [0.05, 0.1) is 22.6 Å². The van der Waals surface area contributed by atoms with Crippen LogP contribution in [0, 0.1) is 30.3 Å². The zero-order valence-corrected chi connectivity index (χ0v) is 19.0. The summed E-state index contributed by atoms with van der Waals surface area (Å²) in [6.07, 6.45) is 1.27. The van der Waals surface area contributed by atoms with Crippen molar-refractivity contribution in [3.05, 3.63) is 52.1 Å². The number of rotatable bonds is 5. The van der Waals surface area contributed by atoms with Crippen molar-refractivity contribution in [1.29, 1.82) is 0 Å². The number of carbonyl (C=O) groups is 3. The van der Waals surface area contributed by atoms with Gasteiger partial charge < -0.3 is 15.2 Å². The molecule has 1 saturated carbocycles. The molecule has 0 unspecified atom stereocenters. The fourth-order valence-corrected chi connectivity index (χ4v) is 7.20. The highest BCUT2D eigenvalue weighted by atomic mass is 32.2. The molecule has 1 aromatic heterocycles. The van der Waals surface area contributed by atoms with Gasteiger partial charge in [-0.15, -0.1) is 0 Å². The van der Waals surface area contributed by atoms with Crippen molar-refractivity contribution in [3.63, 3.8) is 0 Å². The van der Waals surface area contributed by atoms with Gasteiger partial charge in [-0.2, -0.15) is 0 Å². The lowest BCUT2D eigenvalue weighted by Gasteiger charge is -2.38. The number of aromatic nitrogens is 1. The van der Waals surface area contributed by atoms with E-state index in [0.29, 0.717) is 24.2 Å². The topological polar surface area (TPSA) is 114 Å². The zero-order valence-electron chi connectivity index (χ0n) is 18.2. The third-order valence-electron chi connectivity index (χ3n) is 6.61. The van der Waals surface area contributed by atoms with Crippen LogP contribution in [-0.4, -0.2) is 47.6 Å². The molecule has 1 aliphatic carbocycles. The number of ketones is 1. The van der Waals surface area contributed by atoms with Crippen LogP contribution in [0.25, 0.3) is 0 Å². The summed E-state index contributed by atoms with van der Waals surface area (Å²) in [4.78, 5) is 38.9. The minimum absolute atomic E-state index is 0.0324. The average molecular weight is 495 g/mol. The van der Waals surface area contributed by atoms with Gasteiger partial charge in [-0.3, -0.25) is 14.4 Å². The van der Waals surface area contributed by atoms with Crippen molar-refractivity contribution in [1.82, 2.24) is 9.88 Å². The van der Waals surface area contributed by atoms with Crippen LogP contribution >= 0.6 is 0 Å². The SMILES string of the molecule is Cc1c(C(=O)C(=O)NC2(C)CS(=O)(=O)C2)c2n(c1C(=O)Nc1cc(F)c(F)c(F)c1)[C@@H]1C[C@@H]1C2. The van der Waals surface area contributed by atoms with Crippen LogP contribution < -0.4 is 10.6 Å². The van der Waals surface area contributed by atoms with Gasteiger partial charge in [0.25, 0.3) is 17.6 Å². The number of fused-ring (bicyclic) bond motifs is 3. The van der Waals surface area contributed by atoms with Crippen LogP contribution in [0.1, 0.15) is 51.5 Å². The summed E-state index contributed by atoms with van der Waals surface area (Å²) in [6, 6.07) is 1.26. The molecule has 0 radical (unpaired) electrons. The fraction of sp³-hybridized carbons (Fsp3) is 0.409. The molecule has 2 fully saturated rings. The zero-order chi connectivity index (χ0) is 24.7. The maximum Gasteiger partial charge on any atom is 0.292 e. The molecule has 0 bridgehead atoms. The van der Waals surface area contributed by atoms with Gasteiger partial charge in [0, 0.05) is 29.6 Å². The molecule has 1 aromatic carbocycles. The molecule has 2 amide bonds. The molecule has 8 nitrogen and oxygen atoms in total. The first-order chi connectivity index (χ1) is 15.8. The van der Waals surface area contributed by atoms with Gasteiger partial charge >= 0.3 is 0 Å². The minimum Gasteiger partial charge on any atom is -0.342 e. The third kappa shape index (κ3) is 3.51. The smallest absolute Gasteiger partial charge is 0.292 e. The van der Waals surface area contributed by atoms with E-state index in [1.165, 1.54) is 13.8 Å². The van der Waals surface area contributed by atoms with E-state index in [1.54, 1.807) is 4.57 Å². The number of sulfone groups is 1. The molecule has 0 spiro atoms. The lowest BCUT2D eigenvalue weighted by atomic mass is 10.0. The van der Waals surface area contributed by atoms with Gasteiger partial charge in [0.1, 0.15) is 5.69 Å². The van der Waals surface area contributed by atoms with E-state index in [-0.39, 0.29) is 46.0 Å². The van der Waals surface area contributed by atoms with Gasteiger partial charge in [-0.25, -0.2) is 21.6 Å². The number of Topliss-reactive ketones (excluding diaryl/α,β-unsaturated/α-hetero) is 1. The Morgan fingerprint density at radius 3 is 2.32 bits per heavy atom. The largest absolute Gasteiger partial charge is 0.342 e. The number of hydrogen-bond donors (Lipinski definition) is 2. The lowest BCUT2D eigenvalue weighted by molar-refractivity contribution is -0.118. The molecular weight excluding hydrogens is 475 g/mol.